The van der Waals surface area contributed by atoms with Crippen LogP contribution in [0.4, 0.5) is 17.6 Å². The molecule has 0 fully saturated rings. The van der Waals surface area contributed by atoms with Crippen LogP contribution in [0.25, 0.3) is 0 Å². The first kappa shape index (κ1) is 16.7. The predicted octanol–water partition coefficient (Wildman–Crippen LogP) is 3.24. The van der Waals surface area contributed by atoms with Gasteiger partial charge in [0, 0.05) is 0 Å². The molecule has 1 rings (SSSR count). The number of carbonyl (C=O) groups is 1. The van der Waals surface area contributed by atoms with Crippen LogP contribution >= 0.6 is 11.6 Å². The minimum absolute atomic E-state index is 0.000890. The lowest BCUT2D eigenvalue weighted by Crippen LogP contribution is -2.37. The van der Waals surface area contributed by atoms with E-state index in [0.717, 1.165) is 12.1 Å². The Labute approximate surface area is 117 Å². The normalized spacial score (nSPS) is 13.1. The summed E-state index contributed by atoms with van der Waals surface area (Å²) in [6.45, 7) is 0.112. The molecule has 112 valence electrons. The average molecular weight is 314 g/mol. The van der Waals surface area contributed by atoms with E-state index in [1.807, 2.05) is 5.32 Å². The summed E-state index contributed by atoms with van der Waals surface area (Å²) in [4.78, 5) is 11.6. The van der Waals surface area contributed by atoms with Gasteiger partial charge in [-0.05, 0) is 24.6 Å². The number of hydrogen-bond acceptors (Lipinski definition) is 3. The number of hydrogen-bond donors (Lipinski definition) is 1. The number of esters is 1. The van der Waals surface area contributed by atoms with Crippen LogP contribution in [0, 0.1) is 5.82 Å². The molecule has 3 nitrogen and oxygen atoms in total. The van der Waals surface area contributed by atoms with Gasteiger partial charge in [-0.25, -0.2) is 9.18 Å². The maximum absolute atomic E-state index is 13.3. The van der Waals surface area contributed by atoms with E-state index in [9.17, 15) is 22.4 Å². The zero-order valence-electron chi connectivity index (χ0n) is 10.4. The molecule has 0 bridgehead atoms. The van der Waals surface area contributed by atoms with E-state index in [4.69, 9.17) is 11.6 Å². The van der Waals surface area contributed by atoms with E-state index < -0.39 is 30.5 Å². The van der Waals surface area contributed by atoms with Gasteiger partial charge in [0.05, 0.1) is 18.2 Å². The quantitative estimate of drug-likeness (QED) is 0.670. The first-order chi connectivity index (χ1) is 9.24. The van der Waals surface area contributed by atoms with E-state index in [1.54, 1.807) is 0 Å². The molecule has 0 amide bonds. The van der Waals surface area contributed by atoms with Gasteiger partial charge < -0.3 is 4.74 Å². The van der Waals surface area contributed by atoms with Crippen LogP contribution in [0.1, 0.15) is 18.5 Å². The van der Waals surface area contributed by atoms with Gasteiger partial charge in [0.1, 0.15) is 11.9 Å². The highest BCUT2D eigenvalue weighted by Crippen LogP contribution is 2.23. The highest BCUT2D eigenvalue weighted by atomic mass is 35.5. The topological polar surface area (TPSA) is 38.3 Å². The van der Waals surface area contributed by atoms with Gasteiger partial charge in [0.15, 0.2) is 0 Å². The zero-order valence-corrected chi connectivity index (χ0v) is 11.2. The number of carbonyl (C=O) groups excluding carboxylic acids is 1. The van der Waals surface area contributed by atoms with Crippen LogP contribution in [-0.2, 0) is 9.53 Å². The van der Waals surface area contributed by atoms with Crippen LogP contribution in [0.3, 0.4) is 0 Å². The molecule has 0 heterocycles. The van der Waals surface area contributed by atoms with Gasteiger partial charge in [0.2, 0.25) is 0 Å². The van der Waals surface area contributed by atoms with Crippen LogP contribution in [0.15, 0.2) is 18.2 Å². The van der Waals surface area contributed by atoms with Crippen molar-refractivity contribution in [1.29, 1.82) is 0 Å². The molecule has 20 heavy (non-hydrogen) atoms. The van der Waals surface area contributed by atoms with Crippen LogP contribution < -0.4 is 5.32 Å². The monoisotopic (exact) mass is 313 g/mol. The van der Waals surface area contributed by atoms with Gasteiger partial charge >= 0.3 is 12.1 Å². The Morgan fingerprint density at radius 3 is 2.60 bits per heavy atom. The molecule has 1 unspecified atom stereocenters. The number of ether oxygens (including phenoxy) is 1. The molecule has 1 N–H and O–H groups in total. The summed E-state index contributed by atoms with van der Waals surface area (Å²) in [6.07, 6.45) is -4.50. The van der Waals surface area contributed by atoms with Crippen molar-refractivity contribution in [1.82, 2.24) is 5.32 Å². The van der Waals surface area contributed by atoms with Gasteiger partial charge in [-0.1, -0.05) is 17.7 Å². The maximum Gasteiger partial charge on any atom is 0.401 e. The van der Waals surface area contributed by atoms with Crippen LogP contribution in [0.2, 0.25) is 5.02 Å². The molecule has 0 aliphatic carbocycles. The molecular weight excluding hydrogens is 302 g/mol. The molecule has 1 aromatic carbocycles. The Bertz CT molecular complexity index is 479. The Kier molecular flexibility index (Phi) is 5.76. The van der Waals surface area contributed by atoms with Crippen molar-refractivity contribution in [2.75, 3.05) is 13.2 Å². The Morgan fingerprint density at radius 1 is 1.45 bits per heavy atom. The Balaban J connectivity index is 2.96. The first-order valence-corrected chi connectivity index (χ1v) is 6.04. The molecular formula is C12H12ClF4NO2. The molecule has 0 saturated carbocycles. The predicted molar refractivity (Wildman–Crippen MR) is 64.8 cm³/mol. The summed E-state index contributed by atoms with van der Waals surface area (Å²) in [5.74, 6) is -1.74. The van der Waals surface area contributed by atoms with Crippen molar-refractivity contribution in [3.63, 3.8) is 0 Å². The second-order valence-electron chi connectivity index (χ2n) is 3.85. The minimum Gasteiger partial charge on any atom is -0.465 e. The highest BCUT2D eigenvalue weighted by Gasteiger charge is 2.31. The first-order valence-electron chi connectivity index (χ1n) is 5.66. The average Bonchev–Trinajstić information content (AvgIpc) is 2.32. The lowest BCUT2D eigenvalue weighted by Gasteiger charge is -2.19. The molecule has 0 aliphatic heterocycles. The SMILES string of the molecule is CCOC(=O)C(NCC(F)(F)F)c1ccc(Cl)c(F)c1. The molecule has 0 radical (unpaired) electrons. The van der Waals surface area contributed by atoms with Crippen LogP contribution in [0.5, 0.6) is 0 Å². The summed E-state index contributed by atoms with van der Waals surface area (Å²) in [6, 6.07) is 1.90. The Morgan fingerprint density at radius 2 is 2.10 bits per heavy atom. The minimum atomic E-state index is -4.50. The standard InChI is InChI=1S/C12H12ClF4NO2/c1-2-20-11(19)10(18-6-12(15,16)17)7-3-4-8(13)9(14)5-7/h3-5,10,18H,2,6H2,1H3. The number of halogens is 5. The summed E-state index contributed by atoms with van der Waals surface area (Å²) >= 11 is 5.48. The van der Waals surface area contributed by atoms with E-state index in [0.29, 0.717) is 0 Å². The van der Waals surface area contributed by atoms with Crippen molar-refractivity contribution >= 4 is 17.6 Å². The van der Waals surface area contributed by atoms with Crippen LogP contribution in [-0.4, -0.2) is 25.3 Å². The van der Waals surface area contributed by atoms with E-state index in [1.165, 1.54) is 13.0 Å². The maximum atomic E-state index is 13.3. The summed E-state index contributed by atoms with van der Waals surface area (Å²) in [5, 5.41) is 1.81. The van der Waals surface area contributed by atoms with Gasteiger partial charge in [-0.3, -0.25) is 5.32 Å². The van der Waals surface area contributed by atoms with Crippen molar-refractivity contribution in [2.45, 2.75) is 19.1 Å². The second kappa shape index (κ2) is 6.90. The fourth-order valence-corrected chi connectivity index (χ4v) is 1.59. The smallest absolute Gasteiger partial charge is 0.401 e. The zero-order chi connectivity index (χ0) is 15.3. The lowest BCUT2D eigenvalue weighted by molar-refractivity contribution is -0.149. The molecule has 0 spiro atoms. The lowest BCUT2D eigenvalue weighted by atomic mass is 10.1. The van der Waals surface area contributed by atoms with Gasteiger partial charge in [-0.2, -0.15) is 13.2 Å². The van der Waals surface area contributed by atoms with E-state index in [2.05, 4.69) is 4.74 Å². The fraction of sp³-hybridized carbons (Fsp3) is 0.417. The Hall–Kier alpha value is -1.34. The number of nitrogens with one attached hydrogen (secondary N) is 1. The van der Waals surface area contributed by atoms with Crippen molar-refractivity contribution in [3.8, 4) is 0 Å². The third kappa shape index (κ3) is 4.97. The number of rotatable bonds is 5. The third-order valence-electron chi connectivity index (χ3n) is 2.31. The number of alkyl halides is 3. The molecule has 0 saturated heterocycles. The second-order valence-corrected chi connectivity index (χ2v) is 4.26. The summed E-state index contributed by atoms with van der Waals surface area (Å²) < 4.78 is 54.6. The largest absolute Gasteiger partial charge is 0.465 e. The number of benzene rings is 1. The molecule has 1 atom stereocenters. The summed E-state index contributed by atoms with van der Waals surface area (Å²) in [7, 11) is 0. The molecule has 0 aromatic heterocycles. The molecule has 1 aromatic rings. The van der Waals surface area contributed by atoms with Crippen molar-refractivity contribution < 1.29 is 27.1 Å². The van der Waals surface area contributed by atoms with E-state index >= 15 is 0 Å². The van der Waals surface area contributed by atoms with Crippen molar-refractivity contribution in [3.05, 3.63) is 34.6 Å². The fourth-order valence-electron chi connectivity index (χ4n) is 1.47. The molecule has 0 aliphatic rings. The van der Waals surface area contributed by atoms with Crippen molar-refractivity contribution in [2.24, 2.45) is 0 Å². The van der Waals surface area contributed by atoms with E-state index in [-0.39, 0.29) is 17.2 Å². The van der Waals surface area contributed by atoms with Gasteiger partial charge in [-0.15, -0.1) is 0 Å². The third-order valence-corrected chi connectivity index (χ3v) is 2.61. The van der Waals surface area contributed by atoms with Gasteiger partial charge in [0.25, 0.3) is 0 Å². The summed E-state index contributed by atoms with van der Waals surface area (Å²) in [5.41, 5.74) is 0.00889. The highest BCUT2D eigenvalue weighted by molar-refractivity contribution is 6.30. The molecule has 8 heteroatoms.